The first-order valence-electron chi connectivity index (χ1n) is 7.03. The van der Waals surface area contributed by atoms with Gasteiger partial charge in [-0.3, -0.25) is 0 Å². The minimum atomic E-state index is -4.41. The maximum Gasteiger partial charge on any atom is 0.241 e. The molecule has 26 heavy (non-hydrogen) atoms. The SMILES string of the molecule is Cc1onc(-c2ccc(Cl)c(Cl)c2)c1-c1cc(F)c(S(N)(=O)=O)cc1F. The van der Waals surface area contributed by atoms with Gasteiger partial charge in [-0.25, -0.2) is 22.3 Å². The van der Waals surface area contributed by atoms with Gasteiger partial charge in [-0.2, -0.15) is 0 Å². The van der Waals surface area contributed by atoms with Crippen molar-refractivity contribution < 1.29 is 21.7 Å². The number of sulfonamides is 1. The molecule has 10 heteroatoms. The Morgan fingerprint density at radius 1 is 1.08 bits per heavy atom. The molecular formula is C16H10Cl2F2N2O3S. The van der Waals surface area contributed by atoms with Crippen LogP contribution in [0.2, 0.25) is 10.0 Å². The van der Waals surface area contributed by atoms with Crippen molar-refractivity contribution in [2.45, 2.75) is 11.8 Å². The molecule has 1 heterocycles. The molecule has 1 aromatic heterocycles. The van der Waals surface area contributed by atoms with Gasteiger partial charge in [-0.15, -0.1) is 0 Å². The van der Waals surface area contributed by atoms with E-state index in [9.17, 15) is 17.2 Å². The van der Waals surface area contributed by atoms with E-state index in [2.05, 4.69) is 5.16 Å². The Kier molecular flexibility index (Phi) is 4.78. The van der Waals surface area contributed by atoms with Crippen LogP contribution in [0.4, 0.5) is 8.78 Å². The van der Waals surface area contributed by atoms with E-state index in [0.29, 0.717) is 16.7 Å². The van der Waals surface area contributed by atoms with E-state index in [1.165, 1.54) is 19.1 Å². The number of nitrogens with two attached hydrogens (primary N) is 1. The lowest BCUT2D eigenvalue weighted by atomic mass is 9.99. The summed E-state index contributed by atoms with van der Waals surface area (Å²) in [4.78, 5) is -0.941. The van der Waals surface area contributed by atoms with Crippen LogP contribution in [0.25, 0.3) is 22.4 Å². The number of aromatic nitrogens is 1. The minimum Gasteiger partial charge on any atom is -0.360 e. The van der Waals surface area contributed by atoms with Crippen LogP contribution in [0, 0.1) is 18.6 Å². The van der Waals surface area contributed by atoms with Crippen molar-refractivity contribution in [1.82, 2.24) is 5.16 Å². The zero-order valence-electron chi connectivity index (χ0n) is 13.1. The van der Waals surface area contributed by atoms with E-state index < -0.39 is 26.6 Å². The van der Waals surface area contributed by atoms with Crippen molar-refractivity contribution in [3.63, 3.8) is 0 Å². The summed E-state index contributed by atoms with van der Waals surface area (Å²) < 4.78 is 56.5. The predicted molar refractivity (Wildman–Crippen MR) is 93.4 cm³/mol. The number of hydrogen-bond acceptors (Lipinski definition) is 4. The van der Waals surface area contributed by atoms with E-state index in [1.54, 1.807) is 6.07 Å². The molecule has 0 saturated heterocycles. The van der Waals surface area contributed by atoms with Gasteiger partial charge in [0.05, 0.1) is 15.6 Å². The summed E-state index contributed by atoms with van der Waals surface area (Å²) in [5.41, 5.74) is 0.583. The highest BCUT2D eigenvalue weighted by Crippen LogP contribution is 2.38. The molecule has 0 aliphatic carbocycles. The monoisotopic (exact) mass is 418 g/mol. The third-order valence-corrected chi connectivity index (χ3v) is 5.32. The number of rotatable bonds is 3. The van der Waals surface area contributed by atoms with Gasteiger partial charge in [0.2, 0.25) is 10.0 Å². The predicted octanol–water partition coefficient (Wildman–Crippen LogP) is 4.55. The van der Waals surface area contributed by atoms with Crippen molar-refractivity contribution >= 4 is 33.2 Å². The molecule has 3 aromatic rings. The highest BCUT2D eigenvalue weighted by molar-refractivity contribution is 7.89. The van der Waals surface area contributed by atoms with Crippen LogP contribution in [0.1, 0.15) is 5.76 Å². The number of aryl methyl sites for hydroxylation is 1. The average Bonchev–Trinajstić information content (AvgIpc) is 2.92. The smallest absolute Gasteiger partial charge is 0.241 e. The molecule has 3 rings (SSSR count). The number of nitrogens with zero attached hydrogens (tertiary/aromatic N) is 1. The second kappa shape index (κ2) is 6.62. The van der Waals surface area contributed by atoms with E-state index in [0.717, 1.165) is 6.07 Å². The van der Waals surface area contributed by atoms with Crippen LogP contribution in [-0.4, -0.2) is 13.6 Å². The van der Waals surface area contributed by atoms with Crippen molar-refractivity contribution in [2.24, 2.45) is 5.14 Å². The van der Waals surface area contributed by atoms with Crippen molar-refractivity contribution in [3.05, 3.63) is 57.8 Å². The van der Waals surface area contributed by atoms with Gasteiger partial charge in [-0.05, 0) is 31.2 Å². The first-order chi connectivity index (χ1) is 12.1. The molecule has 0 unspecified atom stereocenters. The minimum absolute atomic E-state index is 0.153. The van der Waals surface area contributed by atoms with Gasteiger partial charge < -0.3 is 4.52 Å². The Balaban J connectivity index is 2.24. The van der Waals surface area contributed by atoms with Gasteiger partial charge in [0.25, 0.3) is 0 Å². The molecule has 0 bridgehead atoms. The zero-order valence-corrected chi connectivity index (χ0v) is 15.4. The normalized spacial score (nSPS) is 11.8. The maximum atomic E-state index is 14.5. The Labute approximate surface area is 157 Å². The summed E-state index contributed by atoms with van der Waals surface area (Å²) in [6.07, 6.45) is 0. The molecule has 0 spiro atoms. The van der Waals surface area contributed by atoms with Gasteiger partial charge in [0.15, 0.2) is 0 Å². The molecule has 0 aliphatic heterocycles. The van der Waals surface area contributed by atoms with Crippen LogP contribution in [0.3, 0.4) is 0 Å². The molecule has 2 aromatic carbocycles. The van der Waals surface area contributed by atoms with E-state index >= 15 is 0 Å². The Morgan fingerprint density at radius 3 is 2.38 bits per heavy atom. The van der Waals surface area contributed by atoms with Crippen LogP contribution >= 0.6 is 23.2 Å². The number of hydrogen-bond donors (Lipinski definition) is 1. The molecule has 0 aliphatic rings. The summed E-state index contributed by atoms with van der Waals surface area (Å²) >= 11 is 11.9. The fourth-order valence-electron chi connectivity index (χ4n) is 2.47. The Hall–Kier alpha value is -2.00. The van der Waals surface area contributed by atoms with Crippen molar-refractivity contribution in [2.75, 3.05) is 0 Å². The molecular weight excluding hydrogens is 409 g/mol. The van der Waals surface area contributed by atoms with Gasteiger partial charge in [-0.1, -0.05) is 34.4 Å². The van der Waals surface area contributed by atoms with E-state index in [4.69, 9.17) is 32.9 Å². The van der Waals surface area contributed by atoms with Gasteiger partial charge >= 0.3 is 0 Å². The van der Waals surface area contributed by atoms with Crippen molar-refractivity contribution in [1.29, 1.82) is 0 Å². The third-order valence-electron chi connectivity index (χ3n) is 3.65. The largest absolute Gasteiger partial charge is 0.360 e. The lowest BCUT2D eigenvalue weighted by Gasteiger charge is -2.08. The van der Waals surface area contributed by atoms with Gasteiger partial charge in [0.1, 0.15) is 28.0 Å². The summed E-state index contributed by atoms with van der Waals surface area (Å²) in [5, 5.41) is 9.31. The highest BCUT2D eigenvalue weighted by Gasteiger charge is 2.24. The highest BCUT2D eigenvalue weighted by atomic mass is 35.5. The molecule has 0 fully saturated rings. The third kappa shape index (κ3) is 3.33. The topological polar surface area (TPSA) is 86.2 Å². The molecule has 5 nitrogen and oxygen atoms in total. The fourth-order valence-corrected chi connectivity index (χ4v) is 3.36. The first kappa shape index (κ1) is 18.8. The first-order valence-corrected chi connectivity index (χ1v) is 9.33. The van der Waals surface area contributed by atoms with E-state index in [1.807, 2.05) is 0 Å². The Bertz CT molecular complexity index is 1130. The van der Waals surface area contributed by atoms with Crippen molar-refractivity contribution in [3.8, 4) is 22.4 Å². The quantitative estimate of drug-likeness (QED) is 0.675. The standard InChI is InChI=1S/C16H10Cl2F2N2O3S/c1-7-15(9-5-13(20)14(6-12(9)19)26(21,23)24)16(22-25-7)8-2-3-10(17)11(18)4-8/h2-6H,1H3,(H2,21,23,24). The molecule has 0 saturated carbocycles. The molecule has 2 N–H and O–H groups in total. The lowest BCUT2D eigenvalue weighted by molar-refractivity contribution is 0.400. The molecule has 0 atom stereocenters. The summed E-state index contributed by atoms with van der Waals surface area (Å²) in [5.74, 6) is -1.99. The maximum absolute atomic E-state index is 14.5. The van der Waals surface area contributed by atoms with Gasteiger partial charge in [0, 0.05) is 11.1 Å². The van der Waals surface area contributed by atoms with Crippen LogP contribution in [0.5, 0.6) is 0 Å². The number of primary sulfonamides is 1. The average molecular weight is 419 g/mol. The molecule has 136 valence electrons. The molecule has 0 amide bonds. The van der Waals surface area contributed by atoms with Crippen LogP contribution < -0.4 is 5.14 Å². The summed E-state index contributed by atoms with van der Waals surface area (Å²) in [6.45, 7) is 1.51. The van der Waals surface area contributed by atoms with E-state index in [-0.39, 0.29) is 27.6 Å². The molecule has 0 radical (unpaired) electrons. The number of benzene rings is 2. The lowest BCUT2D eigenvalue weighted by Crippen LogP contribution is -2.14. The summed E-state index contributed by atoms with van der Waals surface area (Å²) in [7, 11) is -4.41. The second-order valence-corrected chi connectivity index (χ2v) is 7.74. The van der Waals surface area contributed by atoms with Crippen LogP contribution in [0.15, 0.2) is 39.8 Å². The zero-order chi connectivity index (χ0) is 19.2. The Morgan fingerprint density at radius 2 is 1.77 bits per heavy atom. The van der Waals surface area contributed by atoms with Crippen LogP contribution in [-0.2, 0) is 10.0 Å². The summed E-state index contributed by atoms with van der Waals surface area (Å²) in [6, 6.07) is 5.86. The fraction of sp³-hybridized carbons (Fsp3) is 0.0625. The number of halogens is 4. The second-order valence-electron chi connectivity index (χ2n) is 5.40.